The molecule has 0 aromatic rings. The fourth-order valence-electron chi connectivity index (χ4n) is 11.8. The first-order chi connectivity index (χ1) is 47.9. The van der Waals surface area contributed by atoms with Crippen molar-refractivity contribution in [2.24, 2.45) is 11.8 Å². The Hall–Kier alpha value is -2.46. The molecule has 6 atom stereocenters. The highest BCUT2D eigenvalue weighted by atomic mass is 31.2. The van der Waals surface area contributed by atoms with Crippen LogP contribution in [0.15, 0.2) is 24.3 Å². The molecule has 0 aromatic carbocycles. The Morgan fingerprint density at radius 1 is 0.333 bits per heavy atom. The van der Waals surface area contributed by atoms with Gasteiger partial charge in [-0.3, -0.25) is 37.3 Å². The normalized spacial score (nSPS) is 14.4. The third kappa shape index (κ3) is 72.3. The van der Waals surface area contributed by atoms with Crippen LogP contribution in [0.1, 0.15) is 395 Å². The van der Waals surface area contributed by atoms with Crippen molar-refractivity contribution in [2.45, 2.75) is 413 Å². The van der Waals surface area contributed by atoms with Crippen LogP contribution in [0.5, 0.6) is 0 Å². The standard InChI is InChI=1S/C80H152O17P2/c1-7-10-12-14-16-18-20-22-24-28-31-35-39-43-50-56-62-77(82)90-68-75(96-79(84)64-59-53-45-41-37-33-29-25-27-30-34-38-42-48-54-60-72(4)5)70-94-98(86,87)92-66-74(81)67-93-99(88,89)95-71-76(69-91-78(83)63-57-51-47-46-49-55-61-73(6)9-3)97-80(85)65-58-52-44-40-36-32-26-23-21-19-17-15-13-11-8-2/h19,21,23,26,72-76,81H,7-18,20,22,24-25,27-71H2,1-6H3,(H,86,87)(H,88,89)/b21-19-,26-23-/t73?,74-,75-,76-/m1/s1. The third-order valence-electron chi connectivity index (χ3n) is 18.4. The Labute approximate surface area is 605 Å². The second-order valence-electron chi connectivity index (χ2n) is 28.8. The summed E-state index contributed by atoms with van der Waals surface area (Å²) in [6, 6.07) is 0. The minimum atomic E-state index is -4.97. The lowest BCUT2D eigenvalue weighted by Crippen LogP contribution is -2.30. The molecule has 17 nitrogen and oxygen atoms in total. The van der Waals surface area contributed by atoms with E-state index in [1.807, 2.05) is 0 Å². The predicted octanol–water partition coefficient (Wildman–Crippen LogP) is 23.4. The van der Waals surface area contributed by atoms with Gasteiger partial charge in [-0.15, -0.1) is 0 Å². The SMILES string of the molecule is CCCCCC/C=C\C=C/CCCCCCCC(=O)O[C@H](COC(=O)CCCCCCCCC(C)CC)COP(=O)(O)OC[C@H](O)COP(=O)(O)OC[C@@H](COC(=O)CCCCCCCCCCCCCCCCCC)OC(=O)CCCCCCCCCCCCCCCCCC(C)C. The van der Waals surface area contributed by atoms with Crippen molar-refractivity contribution in [1.29, 1.82) is 0 Å². The lowest BCUT2D eigenvalue weighted by Gasteiger charge is -2.21. The molecule has 0 radical (unpaired) electrons. The largest absolute Gasteiger partial charge is 0.472 e. The van der Waals surface area contributed by atoms with E-state index in [-0.39, 0.29) is 25.7 Å². The van der Waals surface area contributed by atoms with Crippen LogP contribution in [0, 0.1) is 11.8 Å². The van der Waals surface area contributed by atoms with Crippen molar-refractivity contribution in [2.75, 3.05) is 39.6 Å². The van der Waals surface area contributed by atoms with Gasteiger partial charge in [0.2, 0.25) is 0 Å². The third-order valence-corrected chi connectivity index (χ3v) is 20.3. The summed E-state index contributed by atoms with van der Waals surface area (Å²) in [7, 11) is -9.93. The molecule has 0 fully saturated rings. The first kappa shape index (κ1) is 96.5. The molecule has 0 aliphatic heterocycles. The molecule has 0 aliphatic rings. The lowest BCUT2D eigenvalue weighted by molar-refractivity contribution is -0.161. The van der Waals surface area contributed by atoms with Crippen molar-refractivity contribution in [3.8, 4) is 0 Å². The van der Waals surface area contributed by atoms with Crippen molar-refractivity contribution in [3.05, 3.63) is 24.3 Å². The minimum absolute atomic E-state index is 0.0843. The average molecular weight is 1450 g/mol. The number of aliphatic hydroxyl groups excluding tert-OH is 1. The number of hydrogen-bond acceptors (Lipinski definition) is 15. The van der Waals surface area contributed by atoms with E-state index in [4.69, 9.17) is 37.0 Å². The summed E-state index contributed by atoms with van der Waals surface area (Å²) < 4.78 is 68.6. The Kier molecular flexibility index (Phi) is 69.4. The highest BCUT2D eigenvalue weighted by molar-refractivity contribution is 7.47. The van der Waals surface area contributed by atoms with Crippen LogP contribution < -0.4 is 0 Å². The number of aliphatic hydroxyl groups is 1. The molecular formula is C80H152O17P2. The maximum absolute atomic E-state index is 13.1. The molecule has 0 aromatic heterocycles. The van der Waals surface area contributed by atoms with Gasteiger partial charge in [0.15, 0.2) is 12.2 Å². The fourth-order valence-corrected chi connectivity index (χ4v) is 13.4. The summed E-state index contributed by atoms with van der Waals surface area (Å²) in [5.74, 6) is -0.613. The number of rotatable bonds is 77. The number of ether oxygens (including phenoxy) is 4. The zero-order valence-corrected chi connectivity index (χ0v) is 66.1. The molecule has 0 aliphatic carbocycles. The molecule has 99 heavy (non-hydrogen) atoms. The summed E-state index contributed by atoms with van der Waals surface area (Å²) >= 11 is 0. The van der Waals surface area contributed by atoms with E-state index in [0.717, 1.165) is 121 Å². The fraction of sp³-hybridized carbons (Fsp3) is 0.900. The van der Waals surface area contributed by atoms with Crippen LogP contribution in [-0.4, -0.2) is 96.7 Å². The number of allylic oxidation sites excluding steroid dienone is 4. The minimum Gasteiger partial charge on any atom is -0.462 e. The van der Waals surface area contributed by atoms with Gasteiger partial charge in [-0.25, -0.2) is 9.13 Å². The Morgan fingerprint density at radius 3 is 0.909 bits per heavy atom. The smallest absolute Gasteiger partial charge is 0.462 e. The number of carbonyl (C=O) groups is 4. The van der Waals surface area contributed by atoms with Gasteiger partial charge in [0.25, 0.3) is 0 Å². The maximum atomic E-state index is 13.1. The van der Waals surface area contributed by atoms with Crippen LogP contribution in [0.25, 0.3) is 0 Å². The number of unbranched alkanes of at least 4 members (excludes halogenated alkanes) is 43. The Morgan fingerprint density at radius 2 is 0.596 bits per heavy atom. The summed E-state index contributed by atoms with van der Waals surface area (Å²) in [6.45, 7) is 9.54. The van der Waals surface area contributed by atoms with E-state index in [0.29, 0.717) is 25.7 Å². The van der Waals surface area contributed by atoms with Crippen LogP contribution in [0.4, 0.5) is 0 Å². The summed E-state index contributed by atoms with van der Waals surface area (Å²) in [5.41, 5.74) is 0. The van der Waals surface area contributed by atoms with E-state index in [1.165, 1.54) is 193 Å². The van der Waals surface area contributed by atoms with Gasteiger partial charge in [0.05, 0.1) is 26.4 Å². The molecular weight excluding hydrogens is 1290 g/mol. The van der Waals surface area contributed by atoms with Crippen LogP contribution in [0.3, 0.4) is 0 Å². The van der Waals surface area contributed by atoms with E-state index in [2.05, 4.69) is 65.8 Å². The summed E-state index contributed by atoms with van der Waals surface area (Å²) in [6.07, 6.45) is 63.2. The van der Waals surface area contributed by atoms with Gasteiger partial charge >= 0.3 is 39.5 Å². The van der Waals surface area contributed by atoms with Crippen LogP contribution in [-0.2, 0) is 65.4 Å². The number of phosphoric ester groups is 2. The second kappa shape index (κ2) is 71.2. The zero-order chi connectivity index (χ0) is 72.8. The molecule has 0 heterocycles. The first-order valence-electron chi connectivity index (χ1n) is 40.8. The highest BCUT2D eigenvalue weighted by Gasteiger charge is 2.30. The van der Waals surface area contributed by atoms with Gasteiger partial charge in [0, 0.05) is 25.7 Å². The lowest BCUT2D eigenvalue weighted by atomic mass is 10.00. The van der Waals surface area contributed by atoms with Gasteiger partial charge in [-0.2, -0.15) is 0 Å². The first-order valence-corrected chi connectivity index (χ1v) is 43.8. The molecule has 3 unspecified atom stereocenters. The van der Waals surface area contributed by atoms with Crippen LogP contribution in [0.2, 0.25) is 0 Å². The number of phosphoric acid groups is 2. The van der Waals surface area contributed by atoms with E-state index < -0.39 is 97.5 Å². The van der Waals surface area contributed by atoms with Crippen molar-refractivity contribution in [3.63, 3.8) is 0 Å². The number of hydrogen-bond donors (Lipinski definition) is 3. The Bertz CT molecular complexity index is 2000. The van der Waals surface area contributed by atoms with Crippen molar-refractivity contribution < 1.29 is 80.2 Å². The van der Waals surface area contributed by atoms with Crippen LogP contribution >= 0.6 is 15.6 Å². The molecule has 19 heteroatoms. The van der Waals surface area contributed by atoms with Gasteiger partial charge in [-0.05, 0) is 63.2 Å². The highest BCUT2D eigenvalue weighted by Crippen LogP contribution is 2.45. The molecule has 0 bridgehead atoms. The quantitative estimate of drug-likeness (QED) is 0.0169. The number of carbonyl (C=O) groups excluding carboxylic acids is 4. The topological polar surface area (TPSA) is 237 Å². The van der Waals surface area contributed by atoms with Gasteiger partial charge in [0.1, 0.15) is 19.3 Å². The Balaban J connectivity index is 5.28. The van der Waals surface area contributed by atoms with Crippen molar-refractivity contribution in [1.82, 2.24) is 0 Å². The molecule has 3 N–H and O–H groups in total. The van der Waals surface area contributed by atoms with Gasteiger partial charge < -0.3 is 33.8 Å². The average Bonchev–Trinajstić information content (AvgIpc) is 0.962. The zero-order valence-electron chi connectivity index (χ0n) is 64.3. The second-order valence-corrected chi connectivity index (χ2v) is 31.7. The predicted molar refractivity (Wildman–Crippen MR) is 404 cm³/mol. The molecule has 0 amide bonds. The van der Waals surface area contributed by atoms with E-state index >= 15 is 0 Å². The van der Waals surface area contributed by atoms with Gasteiger partial charge in [-0.1, -0.05) is 342 Å². The summed E-state index contributed by atoms with van der Waals surface area (Å²) in [4.78, 5) is 73.0. The van der Waals surface area contributed by atoms with Crippen molar-refractivity contribution >= 4 is 39.5 Å². The molecule has 0 rings (SSSR count). The van der Waals surface area contributed by atoms with E-state index in [1.54, 1.807) is 0 Å². The van der Waals surface area contributed by atoms with E-state index in [9.17, 15) is 43.2 Å². The monoisotopic (exact) mass is 1450 g/mol. The molecule has 0 saturated heterocycles. The number of esters is 4. The summed E-state index contributed by atoms with van der Waals surface area (Å²) in [5, 5.41) is 10.6. The molecule has 0 saturated carbocycles. The molecule has 0 spiro atoms. The molecule has 584 valence electrons. The maximum Gasteiger partial charge on any atom is 0.472 e.